The van der Waals surface area contributed by atoms with Crippen LogP contribution in [0.15, 0.2) is 70.8 Å². The van der Waals surface area contributed by atoms with Gasteiger partial charge in [-0.25, -0.2) is 8.42 Å². The van der Waals surface area contributed by atoms with Gasteiger partial charge in [-0.05, 0) is 36.2 Å². The molecule has 1 aliphatic rings. The first-order valence-corrected chi connectivity index (χ1v) is 12.0. The summed E-state index contributed by atoms with van der Waals surface area (Å²) in [5, 5.41) is 2.75. The summed E-state index contributed by atoms with van der Waals surface area (Å²) in [6.07, 6.45) is 1.99. The van der Waals surface area contributed by atoms with Crippen LogP contribution < -0.4 is 16.4 Å². The van der Waals surface area contributed by atoms with E-state index in [0.717, 1.165) is 5.56 Å². The van der Waals surface area contributed by atoms with E-state index in [2.05, 4.69) is 11.9 Å². The third kappa shape index (κ3) is 4.29. The first-order valence-electron chi connectivity index (χ1n) is 10.2. The van der Waals surface area contributed by atoms with Crippen molar-refractivity contribution in [3.05, 3.63) is 93.0 Å². The number of fused-ring (bicyclic) bond motifs is 1. The van der Waals surface area contributed by atoms with Gasteiger partial charge in [0.1, 0.15) is 0 Å². The van der Waals surface area contributed by atoms with Gasteiger partial charge in [0.25, 0.3) is 5.91 Å². The maximum absolute atomic E-state index is 12.8. The first kappa shape index (κ1) is 21.8. The van der Waals surface area contributed by atoms with Crippen LogP contribution >= 0.6 is 0 Å². The monoisotopic (exact) mass is 453 g/mol. The zero-order valence-electron chi connectivity index (χ0n) is 17.4. The molecule has 0 spiro atoms. The number of para-hydroxylation sites is 2. The second-order valence-electron chi connectivity index (χ2n) is 7.85. The number of nitrogens with one attached hydrogen (secondary N) is 1. The summed E-state index contributed by atoms with van der Waals surface area (Å²) < 4.78 is 26.0. The molecule has 0 aliphatic carbocycles. The highest BCUT2D eigenvalue weighted by Crippen LogP contribution is 2.15. The van der Waals surface area contributed by atoms with E-state index in [-0.39, 0.29) is 36.5 Å². The predicted octanol–water partition coefficient (Wildman–Crippen LogP) is 1.31. The normalized spacial score (nSPS) is 17.3. The van der Waals surface area contributed by atoms with Crippen molar-refractivity contribution in [1.29, 1.82) is 0 Å². The van der Waals surface area contributed by atoms with Gasteiger partial charge in [0.15, 0.2) is 9.84 Å². The summed E-state index contributed by atoms with van der Waals surface area (Å²) in [6.45, 7) is 4.06. The average molecular weight is 454 g/mol. The topological polar surface area (TPSA) is 107 Å². The van der Waals surface area contributed by atoms with Crippen molar-refractivity contribution in [3.8, 4) is 0 Å². The number of hydrogen-bond donors (Lipinski definition) is 1. The summed E-state index contributed by atoms with van der Waals surface area (Å²) >= 11 is 0. The van der Waals surface area contributed by atoms with Crippen LogP contribution in [0.2, 0.25) is 0 Å². The molecule has 9 heteroatoms. The minimum Gasteiger partial charge on any atom is -0.348 e. The fourth-order valence-corrected chi connectivity index (χ4v) is 5.63. The minimum absolute atomic E-state index is 0.0375. The van der Waals surface area contributed by atoms with Crippen molar-refractivity contribution in [2.24, 2.45) is 0 Å². The van der Waals surface area contributed by atoms with E-state index in [0.29, 0.717) is 23.0 Å². The lowest BCUT2D eigenvalue weighted by Gasteiger charge is -2.14. The van der Waals surface area contributed by atoms with E-state index in [4.69, 9.17) is 0 Å². The summed E-state index contributed by atoms with van der Waals surface area (Å²) in [5.74, 6) is -0.289. The highest BCUT2D eigenvalue weighted by Gasteiger charge is 2.29. The summed E-state index contributed by atoms with van der Waals surface area (Å²) in [7, 11) is -3.08. The van der Waals surface area contributed by atoms with Crippen molar-refractivity contribution in [2.45, 2.75) is 25.6 Å². The van der Waals surface area contributed by atoms with E-state index in [9.17, 15) is 22.8 Å². The maximum atomic E-state index is 12.8. The Bertz CT molecular complexity index is 1420. The van der Waals surface area contributed by atoms with E-state index >= 15 is 0 Å². The highest BCUT2D eigenvalue weighted by molar-refractivity contribution is 7.91. The molecule has 1 aliphatic heterocycles. The molecule has 0 bridgehead atoms. The molecule has 0 radical (unpaired) electrons. The van der Waals surface area contributed by atoms with Crippen LogP contribution in [0.4, 0.5) is 0 Å². The lowest BCUT2D eigenvalue weighted by atomic mass is 10.1. The van der Waals surface area contributed by atoms with Crippen LogP contribution in [0.1, 0.15) is 22.3 Å². The molecule has 166 valence electrons. The van der Waals surface area contributed by atoms with Crippen molar-refractivity contribution in [1.82, 2.24) is 14.5 Å². The molecule has 1 fully saturated rings. The van der Waals surface area contributed by atoms with Gasteiger partial charge in [0.05, 0.1) is 29.1 Å². The quantitative estimate of drug-likeness (QED) is 0.447. The molecule has 0 saturated carbocycles. The largest absolute Gasteiger partial charge is 0.348 e. The number of hydrogen-bond acceptors (Lipinski definition) is 5. The number of carbonyl (C=O) groups is 1. The summed E-state index contributed by atoms with van der Waals surface area (Å²) in [4.78, 5) is 37.9. The highest BCUT2D eigenvalue weighted by atomic mass is 32.2. The van der Waals surface area contributed by atoms with E-state index in [1.54, 1.807) is 54.6 Å². The number of benzene rings is 2. The maximum Gasteiger partial charge on any atom is 0.317 e. The van der Waals surface area contributed by atoms with Crippen LogP contribution in [-0.4, -0.2) is 41.0 Å². The Labute approximate surface area is 184 Å². The van der Waals surface area contributed by atoms with Gasteiger partial charge in [-0.15, -0.1) is 6.58 Å². The van der Waals surface area contributed by atoms with Crippen LogP contribution in [0.25, 0.3) is 11.0 Å². The molecule has 8 nitrogen and oxygen atoms in total. The molecule has 32 heavy (non-hydrogen) atoms. The molecular weight excluding hydrogens is 430 g/mol. The molecule has 1 atom stereocenters. The van der Waals surface area contributed by atoms with Crippen molar-refractivity contribution >= 4 is 26.8 Å². The van der Waals surface area contributed by atoms with Crippen LogP contribution in [-0.2, 0) is 22.9 Å². The Morgan fingerprint density at radius 2 is 1.66 bits per heavy atom. The Hall–Kier alpha value is -3.46. The third-order valence-corrected chi connectivity index (χ3v) is 7.34. The molecule has 2 aromatic carbocycles. The van der Waals surface area contributed by atoms with Crippen molar-refractivity contribution < 1.29 is 13.2 Å². The van der Waals surface area contributed by atoms with Gasteiger partial charge in [-0.1, -0.05) is 30.3 Å². The van der Waals surface area contributed by atoms with Crippen LogP contribution in [0.5, 0.6) is 0 Å². The number of rotatable bonds is 6. The van der Waals surface area contributed by atoms with E-state index < -0.39 is 21.0 Å². The first-order chi connectivity index (χ1) is 15.3. The molecule has 1 amide bonds. The number of sulfone groups is 1. The second-order valence-corrected chi connectivity index (χ2v) is 10.1. The molecule has 4 rings (SSSR count). The van der Waals surface area contributed by atoms with Gasteiger partial charge in [-0.2, -0.15) is 0 Å². The number of aromatic nitrogens is 2. The smallest absolute Gasteiger partial charge is 0.317 e. The summed E-state index contributed by atoms with van der Waals surface area (Å²) in [5.41, 5.74) is 1.17. The van der Waals surface area contributed by atoms with Gasteiger partial charge in [0, 0.05) is 18.2 Å². The average Bonchev–Trinajstić information content (AvgIpc) is 3.12. The Morgan fingerprint density at radius 3 is 2.25 bits per heavy atom. The van der Waals surface area contributed by atoms with Gasteiger partial charge in [0.2, 0.25) is 0 Å². The van der Waals surface area contributed by atoms with E-state index in [1.807, 2.05) is 0 Å². The molecule has 2 heterocycles. The molecule has 1 saturated heterocycles. The SMILES string of the molecule is C=CCn1c(=O)c(=O)n(Cc2ccc(C(=O)N[C@@H]3CCS(=O)(=O)C3)cc2)c2ccccc21. The zero-order valence-corrected chi connectivity index (χ0v) is 18.2. The fraction of sp³-hybridized carbons (Fsp3) is 0.261. The number of allylic oxidation sites excluding steroid dienone is 1. The molecule has 1 aromatic heterocycles. The molecule has 1 N–H and O–H groups in total. The lowest BCUT2D eigenvalue weighted by Crippen LogP contribution is -2.41. The van der Waals surface area contributed by atoms with Crippen LogP contribution in [0.3, 0.4) is 0 Å². The minimum atomic E-state index is -3.08. The van der Waals surface area contributed by atoms with Crippen molar-refractivity contribution in [2.75, 3.05) is 11.5 Å². The third-order valence-electron chi connectivity index (χ3n) is 5.57. The molecule has 3 aromatic rings. The number of amides is 1. The molecule has 0 unspecified atom stereocenters. The Morgan fingerprint density at radius 1 is 1.03 bits per heavy atom. The van der Waals surface area contributed by atoms with Gasteiger partial charge in [-0.3, -0.25) is 23.5 Å². The number of nitrogens with zero attached hydrogens (tertiary/aromatic N) is 2. The van der Waals surface area contributed by atoms with Crippen molar-refractivity contribution in [3.63, 3.8) is 0 Å². The standard InChI is InChI=1S/C23H23N3O5S/c1-2-12-25-19-5-3-4-6-20(19)26(23(29)22(25)28)14-16-7-9-17(10-8-16)21(27)24-18-11-13-32(30,31)15-18/h2-10,18H,1,11-15H2,(H,24,27)/t18-/m1/s1. The predicted molar refractivity (Wildman–Crippen MR) is 123 cm³/mol. The van der Waals surface area contributed by atoms with Gasteiger partial charge < -0.3 is 5.32 Å². The Kier molecular flexibility index (Phi) is 5.84. The van der Waals surface area contributed by atoms with Crippen LogP contribution in [0, 0.1) is 0 Å². The Balaban J connectivity index is 1.59. The van der Waals surface area contributed by atoms with Gasteiger partial charge >= 0.3 is 11.1 Å². The second kappa shape index (κ2) is 8.58. The lowest BCUT2D eigenvalue weighted by molar-refractivity contribution is 0.0941. The summed E-state index contributed by atoms with van der Waals surface area (Å²) in [6, 6.07) is 13.5. The zero-order chi connectivity index (χ0) is 22.9. The molecular formula is C23H23N3O5S. The number of carbonyl (C=O) groups excluding carboxylic acids is 1. The van der Waals surface area contributed by atoms with E-state index in [1.165, 1.54) is 9.13 Å². The fourth-order valence-electron chi connectivity index (χ4n) is 3.96.